The topological polar surface area (TPSA) is 56.8 Å². The van der Waals surface area contributed by atoms with Gasteiger partial charge in [0.15, 0.2) is 0 Å². The minimum Gasteiger partial charge on any atom is -0.363 e. The molecule has 4 rings (SSSR count). The van der Waals surface area contributed by atoms with Crippen LogP contribution in [0.25, 0.3) is 22.3 Å². The van der Waals surface area contributed by atoms with E-state index >= 15 is 0 Å². The van der Waals surface area contributed by atoms with Crippen molar-refractivity contribution in [3.63, 3.8) is 0 Å². The lowest BCUT2D eigenvalue weighted by molar-refractivity contribution is 0.402. The first-order valence-corrected chi connectivity index (χ1v) is 9.97. The van der Waals surface area contributed by atoms with Crippen molar-refractivity contribution in [2.24, 2.45) is 0 Å². The molecular formula is C23H24ClN5. The smallest absolute Gasteiger partial charge is 0.143 e. The summed E-state index contributed by atoms with van der Waals surface area (Å²) in [5, 5.41) is 5.20. The van der Waals surface area contributed by atoms with Crippen LogP contribution in [0.1, 0.15) is 24.1 Å². The van der Waals surface area contributed by atoms with E-state index in [1.54, 1.807) is 6.33 Å². The number of nitrogens with zero attached hydrogens (tertiary/aromatic N) is 3. The van der Waals surface area contributed by atoms with Gasteiger partial charge in [-0.3, -0.25) is 0 Å². The summed E-state index contributed by atoms with van der Waals surface area (Å²) < 4.78 is 0. The molecule has 2 heterocycles. The summed E-state index contributed by atoms with van der Waals surface area (Å²) in [7, 11) is 4.15. The highest BCUT2D eigenvalue weighted by atomic mass is 35.5. The number of nitrogens with one attached hydrogen (secondary N) is 2. The Morgan fingerprint density at radius 2 is 1.76 bits per heavy atom. The van der Waals surface area contributed by atoms with Crippen molar-refractivity contribution in [2.75, 3.05) is 19.4 Å². The van der Waals surface area contributed by atoms with E-state index in [0.29, 0.717) is 0 Å². The van der Waals surface area contributed by atoms with Gasteiger partial charge >= 0.3 is 0 Å². The molecule has 0 saturated carbocycles. The Labute approximate surface area is 175 Å². The highest BCUT2D eigenvalue weighted by molar-refractivity contribution is 6.30. The first-order chi connectivity index (χ1) is 14.0. The van der Waals surface area contributed by atoms with Gasteiger partial charge in [0.05, 0.1) is 5.39 Å². The van der Waals surface area contributed by atoms with Gasteiger partial charge in [0, 0.05) is 23.3 Å². The van der Waals surface area contributed by atoms with Crippen molar-refractivity contribution in [1.29, 1.82) is 0 Å². The van der Waals surface area contributed by atoms with Gasteiger partial charge in [-0.1, -0.05) is 48.0 Å². The van der Waals surface area contributed by atoms with E-state index in [2.05, 4.69) is 76.5 Å². The van der Waals surface area contributed by atoms with Crippen LogP contribution in [-0.2, 0) is 6.54 Å². The molecule has 0 radical (unpaired) electrons. The van der Waals surface area contributed by atoms with Crippen LogP contribution >= 0.6 is 11.6 Å². The standard InChI is InChI=1S/C23H24ClN5/c1-15(17-8-10-19(24)11-9-17)27-22-20-12-21(28-23(20)26-14-25-22)18-6-4-16(5-7-18)13-29(2)3/h4-12,14-15H,13H2,1-3H3,(H2,25,26,27,28)/t15-/m1/s1. The summed E-state index contributed by atoms with van der Waals surface area (Å²) >= 11 is 6.00. The maximum absolute atomic E-state index is 6.00. The molecule has 1 atom stereocenters. The lowest BCUT2D eigenvalue weighted by Gasteiger charge is -2.15. The number of fused-ring (bicyclic) bond motifs is 1. The normalized spacial score (nSPS) is 12.4. The van der Waals surface area contributed by atoms with E-state index in [-0.39, 0.29) is 6.04 Å². The molecule has 0 bridgehead atoms. The lowest BCUT2D eigenvalue weighted by atomic mass is 10.1. The molecule has 29 heavy (non-hydrogen) atoms. The first-order valence-electron chi connectivity index (χ1n) is 9.59. The van der Waals surface area contributed by atoms with Crippen molar-refractivity contribution in [1.82, 2.24) is 19.9 Å². The molecule has 0 aliphatic rings. The summed E-state index contributed by atoms with van der Waals surface area (Å²) in [6, 6.07) is 18.6. The van der Waals surface area contributed by atoms with Gasteiger partial charge in [-0.2, -0.15) is 0 Å². The monoisotopic (exact) mass is 405 g/mol. The Morgan fingerprint density at radius 1 is 1.03 bits per heavy atom. The van der Waals surface area contributed by atoms with Crippen LogP contribution in [0.3, 0.4) is 0 Å². The number of aromatic nitrogens is 3. The van der Waals surface area contributed by atoms with Gasteiger partial charge in [-0.25, -0.2) is 9.97 Å². The Morgan fingerprint density at radius 3 is 2.45 bits per heavy atom. The van der Waals surface area contributed by atoms with Crippen LogP contribution in [-0.4, -0.2) is 33.9 Å². The van der Waals surface area contributed by atoms with E-state index in [0.717, 1.165) is 45.2 Å². The van der Waals surface area contributed by atoms with Gasteiger partial charge in [-0.05, 0) is 55.9 Å². The highest BCUT2D eigenvalue weighted by Gasteiger charge is 2.12. The number of halogens is 1. The molecule has 2 aromatic carbocycles. The van der Waals surface area contributed by atoms with E-state index < -0.39 is 0 Å². The molecule has 6 heteroatoms. The summed E-state index contributed by atoms with van der Waals surface area (Å²) in [6.07, 6.45) is 1.58. The molecule has 0 amide bonds. The summed E-state index contributed by atoms with van der Waals surface area (Å²) in [4.78, 5) is 14.4. The number of anilines is 1. The first kappa shape index (κ1) is 19.4. The van der Waals surface area contributed by atoms with Crippen molar-refractivity contribution in [3.05, 3.63) is 77.1 Å². The van der Waals surface area contributed by atoms with Crippen LogP contribution in [0.2, 0.25) is 5.02 Å². The third kappa shape index (κ3) is 4.42. The fourth-order valence-electron chi connectivity index (χ4n) is 3.41. The van der Waals surface area contributed by atoms with Gasteiger partial charge in [0.25, 0.3) is 0 Å². The number of rotatable bonds is 6. The predicted molar refractivity (Wildman–Crippen MR) is 120 cm³/mol. The average molecular weight is 406 g/mol. The summed E-state index contributed by atoms with van der Waals surface area (Å²) in [5.41, 5.74) is 5.40. The molecule has 5 nitrogen and oxygen atoms in total. The van der Waals surface area contributed by atoms with Gasteiger partial charge in [-0.15, -0.1) is 0 Å². The van der Waals surface area contributed by atoms with E-state index in [4.69, 9.17) is 11.6 Å². The van der Waals surface area contributed by atoms with E-state index in [1.807, 2.05) is 24.3 Å². The molecule has 0 saturated heterocycles. The molecule has 0 fully saturated rings. The number of hydrogen-bond donors (Lipinski definition) is 2. The number of aromatic amines is 1. The summed E-state index contributed by atoms with van der Waals surface area (Å²) in [5.74, 6) is 0.809. The largest absolute Gasteiger partial charge is 0.363 e. The lowest BCUT2D eigenvalue weighted by Crippen LogP contribution is -2.10. The van der Waals surface area contributed by atoms with Crippen LogP contribution in [0.4, 0.5) is 5.82 Å². The van der Waals surface area contributed by atoms with Gasteiger partial charge in [0.2, 0.25) is 0 Å². The van der Waals surface area contributed by atoms with Crippen molar-refractivity contribution in [3.8, 4) is 11.3 Å². The maximum Gasteiger partial charge on any atom is 0.143 e. The van der Waals surface area contributed by atoms with Gasteiger partial charge in [0.1, 0.15) is 17.8 Å². The molecule has 0 unspecified atom stereocenters. The molecule has 4 aromatic rings. The third-order valence-corrected chi connectivity index (χ3v) is 5.16. The predicted octanol–water partition coefficient (Wildman–Crippen LogP) is 5.51. The summed E-state index contributed by atoms with van der Waals surface area (Å²) in [6.45, 7) is 3.03. The van der Waals surface area contributed by atoms with Crippen molar-refractivity contribution in [2.45, 2.75) is 19.5 Å². The van der Waals surface area contributed by atoms with E-state index in [1.165, 1.54) is 5.56 Å². The minimum absolute atomic E-state index is 0.0917. The third-order valence-electron chi connectivity index (χ3n) is 4.91. The average Bonchev–Trinajstić information content (AvgIpc) is 3.14. The van der Waals surface area contributed by atoms with Crippen LogP contribution in [0, 0.1) is 0 Å². The Balaban J connectivity index is 1.60. The number of hydrogen-bond acceptors (Lipinski definition) is 4. The molecule has 0 spiro atoms. The molecule has 0 aliphatic carbocycles. The van der Waals surface area contributed by atoms with Gasteiger partial charge < -0.3 is 15.2 Å². The quantitative estimate of drug-likeness (QED) is 0.444. The molecule has 148 valence electrons. The van der Waals surface area contributed by atoms with Crippen LogP contribution in [0.15, 0.2) is 60.9 Å². The fraction of sp³-hybridized carbons (Fsp3) is 0.217. The number of benzene rings is 2. The number of H-pyrrole nitrogens is 1. The fourth-order valence-corrected chi connectivity index (χ4v) is 3.53. The Hall–Kier alpha value is -2.89. The molecule has 2 aromatic heterocycles. The maximum atomic E-state index is 6.00. The second-order valence-electron chi connectivity index (χ2n) is 7.52. The van der Waals surface area contributed by atoms with E-state index in [9.17, 15) is 0 Å². The second kappa shape index (κ2) is 8.23. The van der Waals surface area contributed by atoms with Crippen LogP contribution < -0.4 is 5.32 Å². The zero-order chi connectivity index (χ0) is 20.4. The van der Waals surface area contributed by atoms with Crippen molar-refractivity contribution < 1.29 is 0 Å². The zero-order valence-electron chi connectivity index (χ0n) is 16.8. The molecule has 2 N–H and O–H groups in total. The second-order valence-corrected chi connectivity index (χ2v) is 7.96. The Bertz CT molecular complexity index is 1100. The minimum atomic E-state index is 0.0917. The molecular weight excluding hydrogens is 382 g/mol. The van der Waals surface area contributed by atoms with Crippen LogP contribution in [0.5, 0.6) is 0 Å². The van der Waals surface area contributed by atoms with Crippen molar-refractivity contribution >= 4 is 28.5 Å². The Kier molecular flexibility index (Phi) is 5.51. The molecule has 0 aliphatic heterocycles. The SMILES string of the molecule is C[C@@H](Nc1ncnc2[nH]c(-c3ccc(CN(C)C)cc3)cc12)c1ccc(Cl)cc1. The zero-order valence-corrected chi connectivity index (χ0v) is 17.5. The highest BCUT2D eigenvalue weighted by Crippen LogP contribution is 2.29.